The van der Waals surface area contributed by atoms with E-state index in [1.807, 2.05) is 30.3 Å². The van der Waals surface area contributed by atoms with Crippen molar-refractivity contribution in [2.75, 3.05) is 0 Å². The van der Waals surface area contributed by atoms with Gasteiger partial charge in [-0.05, 0) is 12.0 Å². The fourth-order valence-corrected chi connectivity index (χ4v) is 2.97. The standard InChI is InChI=1S/C17H14N2O3/c18-9-12-15(11-5-2-1-3-6-11)16-13(21)7-4-8-14(16)22-17(12)19-10-20/h1-3,5-6,10,15H,4,7-8H2,(H,19,20). The second-order valence-corrected chi connectivity index (χ2v) is 5.18. The molecule has 0 saturated heterocycles. The molecule has 5 nitrogen and oxygen atoms in total. The third-order valence-electron chi connectivity index (χ3n) is 3.90. The first-order valence-corrected chi connectivity index (χ1v) is 7.09. The Balaban J connectivity index is 2.18. The Hall–Kier alpha value is -2.87. The van der Waals surface area contributed by atoms with Crippen LogP contribution in [0.2, 0.25) is 0 Å². The van der Waals surface area contributed by atoms with E-state index in [-0.39, 0.29) is 17.2 Å². The molecular formula is C17H14N2O3. The van der Waals surface area contributed by atoms with E-state index < -0.39 is 5.92 Å². The number of ketones is 1. The van der Waals surface area contributed by atoms with Crippen LogP contribution in [0.1, 0.15) is 30.7 Å². The fourth-order valence-electron chi connectivity index (χ4n) is 2.97. The van der Waals surface area contributed by atoms with Crippen LogP contribution in [0.5, 0.6) is 0 Å². The molecule has 1 unspecified atom stereocenters. The topological polar surface area (TPSA) is 79.2 Å². The number of amides is 1. The van der Waals surface area contributed by atoms with E-state index in [1.165, 1.54) is 0 Å². The Kier molecular flexibility index (Phi) is 3.75. The lowest BCUT2D eigenvalue weighted by molar-refractivity contribution is -0.116. The van der Waals surface area contributed by atoms with Crippen molar-refractivity contribution >= 4 is 12.2 Å². The van der Waals surface area contributed by atoms with Crippen LogP contribution in [-0.4, -0.2) is 12.2 Å². The largest absolute Gasteiger partial charge is 0.444 e. The highest BCUT2D eigenvalue weighted by Gasteiger charge is 2.38. The van der Waals surface area contributed by atoms with Crippen LogP contribution < -0.4 is 5.32 Å². The van der Waals surface area contributed by atoms with Gasteiger partial charge in [0.15, 0.2) is 5.78 Å². The van der Waals surface area contributed by atoms with Crippen LogP contribution >= 0.6 is 0 Å². The van der Waals surface area contributed by atoms with Gasteiger partial charge < -0.3 is 4.74 Å². The summed E-state index contributed by atoms with van der Waals surface area (Å²) in [6.07, 6.45) is 2.29. The number of nitrogens with zero attached hydrogens (tertiary/aromatic N) is 1. The normalized spacial score (nSPS) is 20.9. The average Bonchev–Trinajstić information content (AvgIpc) is 2.55. The third kappa shape index (κ3) is 2.29. The number of hydrogen-bond acceptors (Lipinski definition) is 4. The number of Topliss-reactive ketones (excluding diaryl/α,β-unsaturated/α-hetero) is 1. The Labute approximate surface area is 127 Å². The number of nitrogens with one attached hydrogen (secondary N) is 1. The molecule has 1 aromatic carbocycles. The molecule has 3 rings (SSSR count). The molecule has 22 heavy (non-hydrogen) atoms. The molecule has 110 valence electrons. The van der Waals surface area contributed by atoms with Crippen molar-refractivity contribution in [3.63, 3.8) is 0 Å². The maximum Gasteiger partial charge on any atom is 0.214 e. The van der Waals surface area contributed by atoms with Crippen molar-refractivity contribution in [3.8, 4) is 6.07 Å². The summed E-state index contributed by atoms with van der Waals surface area (Å²) in [5.41, 5.74) is 1.65. The highest BCUT2D eigenvalue weighted by atomic mass is 16.5. The molecule has 0 spiro atoms. The van der Waals surface area contributed by atoms with E-state index >= 15 is 0 Å². The summed E-state index contributed by atoms with van der Waals surface area (Å²) in [6, 6.07) is 11.4. The van der Waals surface area contributed by atoms with E-state index in [0.29, 0.717) is 30.6 Å². The van der Waals surface area contributed by atoms with Crippen molar-refractivity contribution in [2.24, 2.45) is 0 Å². The molecule has 5 heteroatoms. The molecule has 1 heterocycles. The number of nitriles is 1. The second kappa shape index (κ2) is 5.86. The van der Waals surface area contributed by atoms with Crippen LogP contribution in [0.15, 0.2) is 53.1 Å². The predicted molar refractivity (Wildman–Crippen MR) is 78.0 cm³/mol. The van der Waals surface area contributed by atoms with Crippen molar-refractivity contribution in [1.82, 2.24) is 5.32 Å². The lowest BCUT2D eigenvalue weighted by Crippen LogP contribution is -2.29. The van der Waals surface area contributed by atoms with Gasteiger partial charge in [-0.1, -0.05) is 30.3 Å². The van der Waals surface area contributed by atoms with Gasteiger partial charge in [0.05, 0.1) is 5.92 Å². The van der Waals surface area contributed by atoms with Crippen molar-refractivity contribution < 1.29 is 14.3 Å². The number of hydrogen-bond donors (Lipinski definition) is 1. The molecule has 0 radical (unpaired) electrons. The van der Waals surface area contributed by atoms with Crippen LogP contribution in [0, 0.1) is 11.3 Å². The van der Waals surface area contributed by atoms with E-state index in [0.717, 1.165) is 12.0 Å². The third-order valence-corrected chi connectivity index (χ3v) is 3.90. The number of carbonyl (C=O) groups excluding carboxylic acids is 2. The summed E-state index contributed by atoms with van der Waals surface area (Å²) in [6.45, 7) is 0. The van der Waals surface area contributed by atoms with Gasteiger partial charge in [0.1, 0.15) is 17.4 Å². The van der Waals surface area contributed by atoms with Gasteiger partial charge in [-0.3, -0.25) is 14.9 Å². The zero-order chi connectivity index (χ0) is 15.5. The van der Waals surface area contributed by atoms with Crippen LogP contribution in [-0.2, 0) is 14.3 Å². The summed E-state index contributed by atoms with van der Waals surface area (Å²) in [5.74, 6) is 0.214. The molecule has 1 aliphatic heterocycles. The molecule has 0 bridgehead atoms. The van der Waals surface area contributed by atoms with Crippen molar-refractivity contribution in [3.05, 3.63) is 58.7 Å². The quantitative estimate of drug-likeness (QED) is 0.867. The highest BCUT2D eigenvalue weighted by molar-refractivity contribution is 5.99. The zero-order valence-electron chi connectivity index (χ0n) is 11.8. The van der Waals surface area contributed by atoms with Gasteiger partial charge in [0.2, 0.25) is 12.3 Å². The number of rotatable bonds is 3. The molecule has 0 saturated carbocycles. The minimum atomic E-state index is -0.481. The number of benzene rings is 1. The van der Waals surface area contributed by atoms with Gasteiger partial charge in [0, 0.05) is 18.4 Å². The lowest BCUT2D eigenvalue weighted by atomic mass is 9.77. The molecule has 0 fully saturated rings. The Morgan fingerprint density at radius 3 is 2.73 bits per heavy atom. The summed E-state index contributed by atoms with van der Waals surface area (Å²) < 4.78 is 5.63. The molecule has 0 aromatic heterocycles. The summed E-state index contributed by atoms with van der Waals surface area (Å²) >= 11 is 0. The SMILES string of the molecule is N#CC1=C(NC=O)OC2=C(C(=O)CCC2)C1c1ccccc1. The zero-order valence-corrected chi connectivity index (χ0v) is 11.8. The predicted octanol–water partition coefficient (Wildman–Crippen LogP) is 2.29. The smallest absolute Gasteiger partial charge is 0.214 e. The first-order chi connectivity index (χ1) is 10.8. The van der Waals surface area contributed by atoms with Gasteiger partial charge in [-0.2, -0.15) is 5.26 Å². The maximum atomic E-state index is 12.4. The molecular weight excluding hydrogens is 280 g/mol. The highest BCUT2D eigenvalue weighted by Crippen LogP contribution is 2.43. The molecule has 1 aromatic rings. The van der Waals surface area contributed by atoms with E-state index in [9.17, 15) is 14.9 Å². The number of allylic oxidation sites excluding steroid dienone is 3. The first-order valence-electron chi connectivity index (χ1n) is 7.09. The minimum Gasteiger partial charge on any atom is -0.444 e. The van der Waals surface area contributed by atoms with E-state index in [2.05, 4.69) is 11.4 Å². The minimum absolute atomic E-state index is 0.00741. The van der Waals surface area contributed by atoms with Crippen LogP contribution in [0.25, 0.3) is 0 Å². The fraction of sp³-hybridized carbons (Fsp3) is 0.235. The van der Waals surface area contributed by atoms with Crippen LogP contribution in [0.4, 0.5) is 0 Å². The number of ether oxygens (including phenoxy) is 1. The Morgan fingerprint density at radius 1 is 1.27 bits per heavy atom. The average molecular weight is 294 g/mol. The molecule has 1 atom stereocenters. The first kappa shape index (κ1) is 14.1. The van der Waals surface area contributed by atoms with Gasteiger partial charge in [-0.15, -0.1) is 0 Å². The van der Waals surface area contributed by atoms with E-state index in [1.54, 1.807) is 0 Å². The molecule has 2 aliphatic rings. The number of carbonyl (C=O) groups is 2. The molecule has 1 aliphatic carbocycles. The maximum absolute atomic E-state index is 12.4. The van der Waals surface area contributed by atoms with Crippen molar-refractivity contribution in [1.29, 1.82) is 5.26 Å². The summed E-state index contributed by atoms with van der Waals surface area (Å²) in [5, 5.41) is 12.0. The summed E-state index contributed by atoms with van der Waals surface area (Å²) in [7, 11) is 0. The van der Waals surface area contributed by atoms with Crippen LogP contribution in [0.3, 0.4) is 0 Å². The van der Waals surface area contributed by atoms with Gasteiger partial charge >= 0.3 is 0 Å². The Morgan fingerprint density at radius 2 is 2.05 bits per heavy atom. The van der Waals surface area contributed by atoms with Gasteiger partial charge in [0.25, 0.3) is 0 Å². The van der Waals surface area contributed by atoms with Gasteiger partial charge in [-0.25, -0.2) is 0 Å². The van der Waals surface area contributed by atoms with Crippen molar-refractivity contribution in [2.45, 2.75) is 25.2 Å². The van der Waals surface area contributed by atoms with E-state index in [4.69, 9.17) is 4.74 Å². The second-order valence-electron chi connectivity index (χ2n) is 5.18. The lowest BCUT2D eigenvalue weighted by Gasteiger charge is -2.31. The Bertz CT molecular complexity index is 726. The summed E-state index contributed by atoms with van der Waals surface area (Å²) in [4.78, 5) is 23.2. The monoisotopic (exact) mass is 294 g/mol. The molecule has 1 amide bonds. The molecule has 1 N–H and O–H groups in total.